The van der Waals surface area contributed by atoms with Crippen LogP contribution in [-0.2, 0) is 9.53 Å². The number of esters is 1. The first-order chi connectivity index (χ1) is 9.49. The number of carbonyl (C=O) groups is 2. The zero-order valence-corrected chi connectivity index (χ0v) is 11.5. The van der Waals surface area contributed by atoms with Gasteiger partial charge in [0.2, 0.25) is 0 Å². The first kappa shape index (κ1) is 14.3. The Morgan fingerprint density at radius 1 is 1.55 bits per heavy atom. The fourth-order valence-corrected chi connectivity index (χ4v) is 2.46. The van der Waals surface area contributed by atoms with Crippen molar-refractivity contribution >= 4 is 17.8 Å². The minimum atomic E-state index is -0.717. The van der Waals surface area contributed by atoms with Gasteiger partial charge in [-0.05, 0) is 30.5 Å². The SMILES string of the molecule is C=Cc1ccc(O)c(C(=O)OC2(CC)CCC(=O)C2)c1. The average Bonchev–Trinajstić information content (AvgIpc) is 2.81. The highest BCUT2D eigenvalue weighted by Gasteiger charge is 2.40. The first-order valence-electron chi connectivity index (χ1n) is 6.70. The summed E-state index contributed by atoms with van der Waals surface area (Å²) in [6.07, 6.45) is 3.43. The van der Waals surface area contributed by atoms with Crippen molar-refractivity contribution in [1.29, 1.82) is 0 Å². The van der Waals surface area contributed by atoms with Crippen molar-refractivity contribution in [3.8, 4) is 5.75 Å². The lowest BCUT2D eigenvalue weighted by atomic mass is 9.98. The van der Waals surface area contributed by atoms with Crippen LogP contribution in [0.1, 0.15) is 48.5 Å². The molecule has 1 saturated carbocycles. The van der Waals surface area contributed by atoms with Crippen LogP contribution in [0.2, 0.25) is 0 Å². The molecular formula is C16H18O4. The molecule has 0 spiro atoms. The molecule has 106 valence electrons. The van der Waals surface area contributed by atoms with Crippen molar-refractivity contribution in [3.63, 3.8) is 0 Å². The van der Waals surface area contributed by atoms with E-state index < -0.39 is 11.6 Å². The van der Waals surface area contributed by atoms with Crippen LogP contribution in [0.4, 0.5) is 0 Å². The van der Waals surface area contributed by atoms with Crippen molar-refractivity contribution in [2.75, 3.05) is 0 Å². The standard InChI is InChI=1S/C16H18O4/c1-3-11-5-6-14(18)13(9-11)15(19)20-16(4-2)8-7-12(17)10-16/h3,5-6,9,18H,1,4,7-8,10H2,2H3. The summed E-state index contributed by atoms with van der Waals surface area (Å²) in [7, 11) is 0. The van der Waals surface area contributed by atoms with E-state index in [1.54, 1.807) is 12.1 Å². The summed E-state index contributed by atoms with van der Waals surface area (Å²) in [6.45, 7) is 5.52. The number of hydrogen-bond donors (Lipinski definition) is 1. The molecule has 0 saturated heterocycles. The van der Waals surface area contributed by atoms with Crippen LogP contribution < -0.4 is 0 Å². The quantitative estimate of drug-likeness (QED) is 0.857. The van der Waals surface area contributed by atoms with Gasteiger partial charge in [-0.2, -0.15) is 0 Å². The second-order valence-electron chi connectivity index (χ2n) is 5.12. The molecule has 0 heterocycles. The molecule has 0 aliphatic heterocycles. The number of ketones is 1. The van der Waals surface area contributed by atoms with Crippen LogP contribution in [0.5, 0.6) is 5.75 Å². The average molecular weight is 274 g/mol. The Kier molecular flexibility index (Phi) is 3.93. The van der Waals surface area contributed by atoms with Gasteiger partial charge < -0.3 is 9.84 Å². The largest absolute Gasteiger partial charge is 0.507 e. The normalized spacial score (nSPS) is 21.8. The molecule has 1 aliphatic carbocycles. The lowest BCUT2D eigenvalue weighted by Gasteiger charge is -2.27. The van der Waals surface area contributed by atoms with Gasteiger partial charge in [0.25, 0.3) is 0 Å². The molecule has 4 heteroatoms. The Balaban J connectivity index is 2.23. The van der Waals surface area contributed by atoms with Crippen LogP contribution in [0, 0.1) is 0 Å². The third-order valence-corrected chi connectivity index (χ3v) is 3.81. The number of rotatable bonds is 4. The van der Waals surface area contributed by atoms with Crippen molar-refractivity contribution in [1.82, 2.24) is 0 Å². The van der Waals surface area contributed by atoms with E-state index in [0.717, 1.165) is 5.56 Å². The van der Waals surface area contributed by atoms with Gasteiger partial charge in [-0.3, -0.25) is 4.79 Å². The first-order valence-corrected chi connectivity index (χ1v) is 6.70. The summed E-state index contributed by atoms with van der Waals surface area (Å²) in [5.41, 5.74) is 0.113. The molecular weight excluding hydrogens is 256 g/mol. The second kappa shape index (κ2) is 5.49. The fraction of sp³-hybridized carbons (Fsp3) is 0.375. The summed E-state index contributed by atoms with van der Waals surface area (Å²) >= 11 is 0. The number of hydrogen-bond acceptors (Lipinski definition) is 4. The smallest absolute Gasteiger partial charge is 0.342 e. The summed E-state index contributed by atoms with van der Waals surface area (Å²) in [5.74, 6) is -0.609. The molecule has 4 nitrogen and oxygen atoms in total. The zero-order valence-electron chi connectivity index (χ0n) is 11.5. The van der Waals surface area contributed by atoms with E-state index >= 15 is 0 Å². The predicted molar refractivity (Wildman–Crippen MR) is 75.5 cm³/mol. The number of carbonyl (C=O) groups excluding carboxylic acids is 2. The highest BCUT2D eigenvalue weighted by atomic mass is 16.6. The topological polar surface area (TPSA) is 63.6 Å². The third-order valence-electron chi connectivity index (χ3n) is 3.81. The van der Waals surface area contributed by atoms with Crippen molar-refractivity contribution in [2.24, 2.45) is 0 Å². The number of benzene rings is 1. The monoisotopic (exact) mass is 274 g/mol. The highest BCUT2D eigenvalue weighted by Crippen LogP contribution is 2.35. The van der Waals surface area contributed by atoms with E-state index in [0.29, 0.717) is 19.3 Å². The summed E-state index contributed by atoms with van der Waals surface area (Å²) in [6, 6.07) is 4.63. The number of ether oxygens (including phenoxy) is 1. The highest BCUT2D eigenvalue weighted by molar-refractivity contribution is 5.94. The lowest BCUT2D eigenvalue weighted by Crippen LogP contribution is -2.31. The van der Waals surface area contributed by atoms with Crippen molar-refractivity contribution < 1.29 is 19.4 Å². The van der Waals surface area contributed by atoms with Crippen LogP contribution in [0.25, 0.3) is 6.08 Å². The number of phenols is 1. The Morgan fingerprint density at radius 2 is 2.30 bits per heavy atom. The van der Waals surface area contributed by atoms with E-state index in [1.807, 2.05) is 6.92 Å². The Bertz CT molecular complexity index is 562. The minimum absolute atomic E-state index is 0.106. The van der Waals surface area contributed by atoms with Gasteiger partial charge in [0.1, 0.15) is 22.7 Å². The van der Waals surface area contributed by atoms with E-state index in [1.165, 1.54) is 12.1 Å². The van der Waals surface area contributed by atoms with Gasteiger partial charge >= 0.3 is 5.97 Å². The molecule has 2 rings (SSSR count). The third kappa shape index (κ3) is 2.74. The molecule has 0 bridgehead atoms. The number of aromatic hydroxyl groups is 1. The lowest BCUT2D eigenvalue weighted by molar-refractivity contribution is -0.119. The zero-order chi connectivity index (χ0) is 14.8. The maximum atomic E-state index is 12.2. The molecule has 1 fully saturated rings. The molecule has 1 N–H and O–H groups in total. The Hall–Kier alpha value is -2.10. The van der Waals surface area contributed by atoms with Gasteiger partial charge in [-0.25, -0.2) is 4.79 Å². The van der Waals surface area contributed by atoms with E-state index in [4.69, 9.17) is 4.74 Å². The molecule has 1 aliphatic rings. The van der Waals surface area contributed by atoms with Crippen LogP contribution >= 0.6 is 0 Å². The molecule has 20 heavy (non-hydrogen) atoms. The maximum absolute atomic E-state index is 12.2. The fourth-order valence-electron chi connectivity index (χ4n) is 2.46. The van der Waals surface area contributed by atoms with Gasteiger partial charge in [0, 0.05) is 12.8 Å². The number of Topliss-reactive ketones (excluding diaryl/α,β-unsaturated/α-hetero) is 1. The summed E-state index contributed by atoms with van der Waals surface area (Å²) < 4.78 is 5.53. The summed E-state index contributed by atoms with van der Waals surface area (Å²) in [5, 5.41) is 9.78. The van der Waals surface area contributed by atoms with Gasteiger partial charge in [0.05, 0.1) is 0 Å². The molecule has 0 radical (unpaired) electrons. The van der Waals surface area contributed by atoms with Crippen LogP contribution in [0.3, 0.4) is 0 Å². The van der Waals surface area contributed by atoms with Crippen molar-refractivity contribution in [3.05, 3.63) is 35.9 Å². The summed E-state index contributed by atoms with van der Waals surface area (Å²) in [4.78, 5) is 23.7. The van der Waals surface area contributed by atoms with E-state index in [2.05, 4.69) is 6.58 Å². The molecule has 0 aromatic heterocycles. The minimum Gasteiger partial charge on any atom is -0.507 e. The maximum Gasteiger partial charge on any atom is 0.342 e. The van der Waals surface area contributed by atoms with Gasteiger partial charge in [-0.15, -0.1) is 0 Å². The van der Waals surface area contributed by atoms with Crippen molar-refractivity contribution in [2.45, 2.75) is 38.2 Å². The Labute approximate surface area is 118 Å². The Morgan fingerprint density at radius 3 is 2.85 bits per heavy atom. The molecule has 0 amide bonds. The van der Waals surface area contributed by atoms with E-state index in [-0.39, 0.29) is 23.5 Å². The molecule has 1 aromatic carbocycles. The number of phenolic OH excluding ortho intramolecular Hbond substituents is 1. The molecule has 1 aromatic rings. The van der Waals surface area contributed by atoms with Crippen LogP contribution in [0.15, 0.2) is 24.8 Å². The van der Waals surface area contributed by atoms with E-state index in [9.17, 15) is 14.7 Å². The molecule has 1 atom stereocenters. The van der Waals surface area contributed by atoms with Crippen LogP contribution in [-0.4, -0.2) is 22.5 Å². The predicted octanol–water partition coefficient (Wildman–Crippen LogP) is 3.09. The molecule has 1 unspecified atom stereocenters. The van der Waals surface area contributed by atoms with Gasteiger partial charge in [0.15, 0.2) is 0 Å². The van der Waals surface area contributed by atoms with Gasteiger partial charge in [-0.1, -0.05) is 25.6 Å². The second-order valence-corrected chi connectivity index (χ2v) is 5.12.